The van der Waals surface area contributed by atoms with Crippen molar-refractivity contribution < 1.29 is 19.1 Å². The SMILES string of the molecule is CN1CC(=O)N(CC2C=CC3=C(C2)C(=CC2=CC(CN4CCOCC4)C=N2)C(=O)N3)C1=O. The number of hydrogen-bond acceptors (Lipinski definition) is 6. The van der Waals surface area contributed by atoms with Crippen LogP contribution in [0.15, 0.2) is 51.8 Å². The number of rotatable bonds is 5. The lowest BCUT2D eigenvalue weighted by atomic mass is 9.89. The van der Waals surface area contributed by atoms with E-state index in [0.29, 0.717) is 18.5 Å². The fourth-order valence-electron chi connectivity index (χ4n) is 4.74. The molecule has 0 radical (unpaired) electrons. The number of amides is 4. The van der Waals surface area contributed by atoms with Gasteiger partial charge in [0, 0.05) is 56.6 Å². The van der Waals surface area contributed by atoms with E-state index in [9.17, 15) is 14.4 Å². The fourth-order valence-corrected chi connectivity index (χ4v) is 4.74. The van der Waals surface area contributed by atoms with Crippen LogP contribution in [0.3, 0.4) is 0 Å². The van der Waals surface area contributed by atoms with E-state index in [-0.39, 0.29) is 36.2 Å². The molecule has 0 saturated carbocycles. The van der Waals surface area contributed by atoms with Crippen molar-refractivity contribution in [2.45, 2.75) is 6.42 Å². The molecule has 32 heavy (non-hydrogen) atoms. The van der Waals surface area contributed by atoms with Crippen molar-refractivity contribution in [3.8, 4) is 0 Å². The van der Waals surface area contributed by atoms with Gasteiger partial charge in [-0.3, -0.25) is 24.4 Å². The van der Waals surface area contributed by atoms with Gasteiger partial charge in [0.05, 0.1) is 18.9 Å². The molecule has 2 saturated heterocycles. The Balaban J connectivity index is 1.27. The molecule has 4 heterocycles. The normalized spacial score (nSPS) is 29.5. The van der Waals surface area contributed by atoms with Gasteiger partial charge >= 0.3 is 6.03 Å². The van der Waals surface area contributed by atoms with Crippen molar-refractivity contribution in [3.63, 3.8) is 0 Å². The zero-order valence-electron chi connectivity index (χ0n) is 18.1. The smallest absolute Gasteiger partial charge is 0.326 e. The first-order valence-electron chi connectivity index (χ1n) is 11.0. The molecule has 0 bridgehead atoms. The van der Waals surface area contributed by atoms with Gasteiger partial charge in [-0.05, 0) is 36.1 Å². The summed E-state index contributed by atoms with van der Waals surface area (Å²) in [6.07, 6.45) is 10.3. The minimum absolute atomic E-state index is 0.0284. The molecule has 1 N–H and O–H groups in total. The molecule has 2 atom stereocenters. The van der Waals surface area contributed by atoms with Gasteiger partial charge in [-0.1, -0.05) is 6.08 Å². The van der Waals surface area contributed by atoms with Crippen LogP contribution >= 0.6 is 0 Å². The highest BCUT2D eigenvalue weighted by atomic mass is 16.5. The first-order chi connectivity index (χ1) is 15.5. The highest BCUT2D eigenvalue weighted by Crippen LogP contribution is 2.34. The van der Waals surface area contributed by atoms with Crippen LogP contribution in [0.2, 0.25) is 0 Å². The van der Waals surface area contributed by atoms with Crippen LogP contribution in [-0.2, 0) is 14.3 Å². The number of nitrogens with one attached hydrogen (secondary N) is 1. The Kier molecular flexibility index (Phi) is 5.52. The van der Waals surface area contributed by atoms with Gasteiger partial charge in [0.2, 0.25) is 5.91 Å². The molecule has 9 heteroatoms. The Bertz CT molecular complexity index is 1000. The van der Waals surface area contributed by atoms with Crippen molar-refractivity contribution in [1.82, 2.24) is 20.0 Å². The van der Waals surface area contributed by atoms with E-state index in [1.807, 2.05) is 24.4 Å². The number of hydrogen-bond donors (Lipinski definition) is 1. The predicted octanol–water partition coefficient (Wildman–Crippen LogP) is 0.684. The molecule has 5 rings (SSSR count). The maximum absolute atomic E-state index is 12.6. The summed E-state index contributed by atoms with van der Waals surface area (Å²) >= 11 is 0. The first-order valence-corrected chi connectivity index (χ1v) is 11.0. The maximum atomic E-state index is 12.6. The van der Waals surface area contributed by atoms with Crippen molar-refractivity contribution in [2.24, 2.45) is 16.8 Å². The van der Waals surface area contributed by atoms with Crippen molar-refractivity contribution in [2.75, 3.05) is 53.0 Å². The zero-order chi connectivity index (χ0) is 22.2. The number of allylic oxidation sites excluding steroid dienone is 2. The van der Waals surface area contributed by atoms with Gasteiger partial charge in [-0.2, -0.15) is 0 Å². The Morgan fingerprint density at radius 3 is 2.78 bits per heavy atom. The molecule has 4 aliphatic heterocycles. The molecule has 4 amide bonds. The molecule has 0 spiro atoms. The lowest BCUT2D eigenvalue weighted by Gasteiger charge is -2.27. The summed E-state index contributed by atoms with van der Waals surface area (Å²) in [6.45, 7) is 4.72. The number of carbonyl (C=O) groups is 3. The van der Waals surface area contributed by atoms with Crippen LogP contribution in [0.5, 0.6) is 0 Å². The Labute approximate surface area is 186 Å². The quantitative estimate of drug-likeness (QED) is 0.504. The topological polar surface area (TPSA) is 94.6 Å². The van der Waals surface area contributed by atoms with Crippen LogP contribution in [0.4, 0.5) is 4.79 Å². The summed E-state index contributed by atoms with van der Waals surface area (Å²) in [4.78, 5) is 46.6. The van der Waals surface area contributed by atoms with E-state index in [0.717, 1.165) is 49.8 Å². The van der Waals surface area contributed by atoms with Crippen LogP contribution in [0.1, 0.15) is 6.42 Å². The Hall–Kier alpha value is -3.04. The third-order valence-electron chi connectivity index (χ3n) is 6.46. The second kappa shape index (κ2) is 8.48. The van der Waals surface area contributed by atoms with Gasteiger partial charge in [-0.15, -0.1) is 0 Å². The number of carbonyl (C=O) groups excluding carboxylic acids is 3. The minimum atomic E-state index is -0.267. The van der Waals surface area contributed by atoms with Crippen LogP contribution in [0.25, 0.3) is 0 Å². The summed E-state index contributed by atoms with van der Waals surface area (Å²) in [6, 6.07) is -0.267. The number of aliphatic imine (C=N–C) groups is 1. The van der Waals surface area contributed by atoms with E-state index in [4.69, 9.17) is 4.74 Å². The van der Waals surface area contributed by atoms with Crippen LogP contribution in [-0.4, -0.2) is 91.7 Å². The lowest BCUT2D eigenvalue weighted by Crippen LogP contribution is -2.39. The van der Waals surface area contributed by atoms with Crippen molar-refractivity contribution in [3.05, 3.63) is 46.8 Å². The van der Waals surface area contributed by atoms with Gasteiger partial charge in [-0.25, -0.2) is 4.79 Å². The molecule has 0 aromatic heterocycles. The minimum Gasteiger partial charge on any atom is -0.379 e. The fraction of sp³-hybridized carbons (Fsp3) is 0.478. The summed E-state index contributed by atoms with van der Waals surface area (Å²) in [5.74, 6) is -0.125. The number of nitrogens with zero attached hydrogens (tertiary/aromatic N) is 4. The predicted molar refractivity (Wildman–Crippen MR) is 118 cm³/mol. The second-order valence-corrected chi connectivity index (χ2v) is 8.82. The number of ether oxygens (including phenoxy) is 1. The lowest BCUT2D eigenvalue weighted by molar-refractivity contribution is -0.125. The highest BCUT2D eigenvalue weighted by molar-refractivity contribution is 6.04. The number of urea groups is 1. The first kappa shape index (κ1) is 20.8. The molecule has 0 aromatic rings. The number of likely N-dealkylation sites (N-methyl/N-ethyl adjacent to an activating group) is 1. The largest absolute Gasteiger partial charge is 0.379 e. The Morgan fingerprint density at radius 1 is 1.22 bits per heavy atom. The third kappa shape index (κ3) is 4.05. The zero-order valence-corrected chi connectivity index (χ0v) is 18.1. The van der Waals surface area contributed by atoms with E-state index in [1.165, 1.54) is 9.80 Å². The molecular weight excluding hydrogens is 410 g/mol. The molecule has 1 aliphatic carbocycles. The third-order valence-corrected chi connectivity index (χ3v) is 6.46. The molecular formula is C23H27N5O4. The van der Waals surface area contributed by atoms with Crippen LogP contribution in [0, 0.1) is 11.8 Å². The molecule has 2 unspecified atom stereocenters. The van der Waals surface area contributed by atoms with Gasteiger partial charge in [0.15, 0.2) is 0 Å². The van der Waals surface area contributed by atoms with Gasteiger partial charge < -0.3 is 15.0 Å². The highest BCUT2D eigenvalue weighted by Gasteiger charge is 2.37. The van der Waals surface area contributed by atoms with E-state index < -0.39 is 0 Å². The van der Waals surface area contributed by atoms with Gasteiger partial charge in [0.1, 0.15) is 6.54 Å². The molecule has 0 aromatic carbocycles. The van der Waals surface area contributed by atoms with E-state index >= 15 is 0 Å². The molecule has 5 aliphatic rings. The maximum Gasteiger partial charge on any atom is 0.326 e. The molecule has 2 fully saturated rings. The summed E-state index contributed by atoms with van der Waals surface area (Å²) in [5.41, 5.74) is 3.12. The second-order valence-electron chi connectivity index (χ2n) is 8.82. The van der Waals surface area contributed by atoms with E-state index in [2.05, 4.69) is 21.3 Å². The average molecular weight is 438 g/mol. The number of morpholine rings is 1. The standard InChI is InChI=1S/C23H27N5O4/c1-26-14-21(29)28(23(26)31)13-15-2-3-20-18(9-15)19(22(30)25-20)10-17-8-16(11-24-17)12-27-4-6-32-7-5-27/h2-3,8,10-11,15-16H,4-7,9,12-14H2,1H3,(H,25,30). The number of imide groups is 1. The van der Waals surface area contributed by atoms with Gasteiger partial charge in [0.25, 0.3) is 5.91 Å². The average Bonchev–Trinajstić information content (AvgIpc) is 3.42. The van der Waals surface area contributed by atoms with Crippen molar-refractivity contribution in [1.29, 1.82) is 0 Å². The molecule has 168 valence electrons. The van der Waals surface area contributed by atoms with Crippen LogP contribution < -0.4 is 5.32 Å². The monoisotopic (exact) mass is 437 g/mol. The van der Waals surface area contributed by atoms with E-state index in [1.54, 1.807) is 7.05 Å². The summed E-state index contributed by atoms with van der Waals surface area (Å²) in [7, 11) is 1.63. The summed E-state index contributed by atoms with van der Waals surface area (Å²) in [5, 5.41) is 2.92. The molecule has 9 nitrogen and oxygen atoms in total. The Morgan fingerprint density at radius 2 is 2.03 bits per heavy atom. The van der Waals surface area contributed by atoms with Crippen molar-refractivity contribution >= 4 is 24.1 Å². The summed E-state index contributed by atoms with van der Waals surface area (Å²) < 4.78 is 5.41.